The van der Waals surface area contributed by atoms with Crippen molar-refractivity contribution in [3.63, 3.8) is 0 Å². The second kappa shape index (κ2) is 6.24. The van der Waals surface area contributed by atoms with E-state index in [4.69, 9.17) is 5.11 Å². The molecule has 0 spiro atoms. The first-order chi connectivity index (χ1) is 8.00. The number of carboxylic acids is 1. The van der Waals surface area contributed by atoms with E-state index >= 15 is 0 Å². The number of carbonyl (C=O) groups is 2. The fourth-order valence-corrected chi connectivity index (χ4v) is 2.03. The molecule has 94 valence electrons. The summed E-state index contributed by atoms with van der Waals surface area (Å²) in [6.07, 6.45) is -0.0332. The van der Waals surface area contributed by atoms with Crippen molar-refractivity contribution >= 4 is 23.3 Å². The van der Waals surface area contributed by atoms with E-state index < -0.39 is 5.97 Å². The van der Waals surface area contributed by atoms with Crippen molar-refractivity contribution in [1.82, 2.24) is 9.80 Å². The minimum Gasteiger partial charge on any atom is -0.481 e. The van der Waals surface area contributed by atoms with Crippen LogP contribution in [0.25, 0.3) is 0 Å². The number of carbonyl (C=O) groups excluding carboxylic acids is 1. The zero-order valence-electron chi connectivity index (χ0n) is 9.92. The van der Waals surface area contributed by atoms with Crippen LogP contribution < -0.4 is 0 Å². The second-order valence-electron chi connectivity index (χ2n) is 3.84. The molecule has 5 nitrogen and oxygen atoms in total. The molecule has 17 heavy (non-hydrogen) atoms. The molecular formula is C11H16N2O3S. The van der Waals surface area contributed by atoms with Crippen molar-refractivity contribution in [3.8, 4) is 0 Å². The van der Waals surface area contributed by atoms with Gasteiger partial charge in [-0.15, -0.1) is 0 Å². The average Bonchev–Trinajstić information content (AvgIpc) is 2.77. The van der Waals surface area contributed by atoms with Crippen LogP contribution >= 0.6 is 11.3 Å². The van der Waals surface area contributed by atoms with Crippen molar-refractivity contribution in [2.24, 2.45) is 0 Å². The van der Waals surface area contributed by atoms with Crippen molar-refractivity contribution in [2.75, 3.05) is 20.6 Å². The third-order valence-electron chi connectivity index (χ3n) is 2.31. The number of amides is 2. The van der Waals surface area contributed by atoms with E-state index in [-0.39, 0.29) is 19.0 Å². The molecule has 0 aromatic carbocycles. The van der Waals surface area contributed by atoms with E-state index in [1.54, 1.807) is 30.3 Å². The zero-order chi connectivity index (χ0) is 12.8. The van der Waals surface area contributed by atoms with Gasteiger partial charge >= 0.3 is 12.0 Å². The van der Waals surface area contributed by atoms with Gasteiger partial charge in [0.05, 0.1) is 6.42 Å². The van der Waals surface area contributed by atoms with Crippen LogP contribution in [-0.4, -0.2) is 47.5 Å². The minimum absolute atomic E-state index is 0.0332. The molecule has 0 aliphatic carbocycles. The van der Waals surface area contributed by atoms with Gasteiger partial charge in [-0.3, -0.25) is 4.79 Å². The molecule has 0 atom stereocenters. The highest BCUT2D eigenvalue weighted by Gasteiger charge is 2.15. The Morgan fingerprint density at radius 1 is 1.35 bits per heavy atom. The highest BCUT2D eigenvalue weighted by Crippen LogP contribution is 2.09. The molecule has 0 aliphatic heterocycles. The molecule has 1 aromatic heterocycles. The summed E-state index contributed by atoms with van der Waals surface area (Å²) in [5.74, 6) is -0.898. The van der Waals surface area contributed by atoms with Crippen LogP contribution in [0.5, 0.6) is 0 Å². The second-order valence-corrected chi connectivity index (χ2v) is 4.62. The van der Waals surface area contributed by atoms with E-state index in [0.717, 1.165) is 5.56 Å². The van der Waals surface area contributed by atoms with Crippen molar-refractivity contribution in [2.45, 2.75) is 13.0 Å². The lowest BCUT2D eigenvalue weighted by Gasteiger charge is -2.24. The third-order valence-corrected chi connectivity index (χ3v) is 3.05. The lowest BCUT2D eigenvalue weighted by Crippen LogP contribution is -2.39. The van der Waals surface area contributed by atoms with Gasteiger partial charge < -0.3 is 14.9 Å². The highest BCUT2D eigenvalue weighted by atomic mass is 32.1. The molecule has 0 radical (unpaired) electrons. The molecule has 1 aromatic rings. The van der Waals surface area contributed by atoms with E-state index in [1.165, 1.54) is 4.90 Å². The number of aliphatic carboxylic acids is 1. The minimum atomic E-state index is -0.898. The standard InChI is InChI=1S/C11H16N2O3S/c1-12(5-3-10(14)15)11(16)13(2)7-9-4-6-17-8-9/h4,6,8H,3,5,7H2,1-2H3,(H,14,15). The number of thiophene rings is 1. The van der Waals surface area contributed by atoms with Gasteiger partial charge in [0.25, 0.3) is 0 Å². The fraction of sp³-hybridized carbons (Fsp3) is 0.455. The Balaban J connectivity index is 2.42. The predicted molar refractivity (Wildman–Crippen MR) is 66.1 cm³/mol. The maximum atomic E-state index is 11.8. The van der Waals surface area contributed by atoms with Crippen molar-refractivity contribution in [1.29, 1.82) is 0 Å². The summed E-state index contributed by atoms with van der Waals surface area (Å²) in [7, 11) is 3.31. The van der Waals surface area contributed by atoms with Gasteiger partial charge in [0.1, 0.15) is 0 Å². The molecule has 0 saturated heterocycles. The molecule has 0 unspecified atom stereocenters. The summed E-state index contributed by atoms with van der Waals surface area (Å²) in [5.41, 5.74) is 1.08. The zero-order valence-corrected chi connectivity index (χ0v) is 10.7. The lowest BCUT2D eigenvalue weighted by atomic mass is 10.3. The van der Waals surface area contributed by atoms with Gasteiger partial charge in [0, 0.05) is 27.2 Å². The topological polar surface area (TPSA) is 60.9 Å². The molecule has 6 heteroatoms. The number of urea groups is 1. The summed E-state index contributed by atoms with van der Waals surface area (Å²) < 4.78 is 0. The Morgan fingerprint density at radius 2 is 2.06 bits per heavy atom. The summed E-state index contributed by atoms with van der Waals surface area (Å²) in [4.78, 5) is 25.2. The van der Waals surface area contributed by atoms with Crippen LogP contribution in [0.4, 0.5) is 4.79 Å². The Bertz CT molecular complexity index is 378. The maximum absolute atomic E-state index is 11.8. The van der Waals surface area contributed by atoms with Crippen LogP contribution in [-0.2, 0) is 11.3 Å². The van der Waals surface area contributed by atoms with Crippen LogP contribution in [0.15, 0.2) is 16.8 Å². The quantitative estimate of drug-likeness (QED) is 0.872. The Hall–Kier alpha value is -1.56. The van der Waals surface area contributed by atoms with Gasteiger partial charge in [-0.25, -0.2) is 4.79 Å². The first kappa shape index (κ1) is 13.5. The van der Waals surface area contributed by atoms with Crippen molar-refractivity contribution in [3.05, 3.63) is 22.4 Å². The van der Waals surface area contributed by atoms with Crippen molar-refractivity contribution < 1.29 is 14.7 Å². The number of nitrogens with zero attached hydrogens (tertiary/aromatic N) is 2. The smallest absolute Gasteiger partial charge is 0.319 e. The fourth-order valence-electron chi connectivity index (χ4n) is 1.37. The third kappa shape index (κ3) is 4.44. The molecule has 1 rings (SSSR count). The molecule has 0 bridgehead atoms. The number of carboxylic acid groups (broad SMARTS) is 1. The van der Waals surface area contributed by atoms with Gasteiger partial charge in [-0.05, 0) is 22.4 Å². The monoisotopic (exact) mass is 256 g/mol. The molecule has 0 aliphatic rings. The van der Waals surface area contributed by atoms with Crippen LogP contribution in [0.1, 0.15) is 12.0 Å². The lowest BCUT2D eigenvalue weighted by molar-refractivity contribution is -0.137. The molecule has 0 saturated carbocycles. The normalized spacial score (nSPS) is 10.0. The number of hydrogen-bond donors (Lipinski definition) is 1. The Kier molecular flexibility index (Phi) is 4.96. The van der Waals surface area contributed by atoms with Crippen LogP contribution in [0, 0.1) is 0 Å². The summed E-state index contributed by atoms with van der Waals surface area (Å²) in [5, 5.41) is 12.5. The molecule has 2 amide bonds. The van der Waals surface area contributed by atoms with Gasteiger partial charge in [-0.1, -0.05) is 0 Å². The highest BCUT2D eigenvalue weighted by molar-refractivity contribution is 7.07. The SMILES string of the molecule is CN(CCC(=O)O)C(=O)N(C)Cc1ccsc1. The van der Waals surface area contributed by atoms with E-state index in [0.29, 0.717) is 6.54 Å². The van der Waals surface area contributed by atoms with E-state index in [1.807, 2.05) is 16.8 Å². The Morgan fingerprint density at radius 3 is 2.59 bits per heavy atom. The summed E-state index contributed by atoms with van der Waals surface area (Å²) >= 11 is 1.59. The first-order valence-electron chi connectivity index (χ1n) is 5.20. The van der Waals surface area contributed by atoms with Gasteiger partial charge in [0.2, 0.25) is 0 Å². The Labute approximate surface area is 104 Å². The van der Waals surface area contributed by atoms with Crippen LogP contribution in [0.2, 0.25) is 0 Å². The van der Waals surface area contributed by atoms with Gasteiger partial charge in [-0.2, -0.15) is 11.3 Å². The molecular weight excluding hydrogens is 240 g/mol. The average molecular weight is 256 g/mol. The largest absolute Gasteiger partial charge is 0.481 e. The summed E-state index contributed by atoms with van der Waals surface area (Å²) in [6.45, 7) is 0.766. The molecule has 1 N–H and O–H groups in total. The van der Waals surface area contributed by atoms with Crippen LogP contribution in [0.3, 0.4) is 0 Å². The van der Waals surface area contributed by atoms with Gasteiger partial charge in [0.15, 0.2) is 0 Å². The molecule has 1 heterocycles. The predicted octanol–water partition coefficient (Wildman–Crippen LogP) is 1.71. The summed E-state index contributed by atoms with van der Waals surface area (Å²) in [6, 6.07) is 1.79. The first-order valence-corrected chi connectivity index (χ1v) is 6.14. The molecule has 0 fully saturated rings. The van der Waals surface area contributed by atoms with E-state index in [2.05, 4.69) is 0 Å². The van der Waals surface area contributed by atoms with E-state index in [9.17, 15) is 9.59 Å². The number of hydrogen-bond acceptors (Lipinski definition) is 3. The number of rotatable bonds is 5. The maximum Gasteiger partial charge on any atom is 0.319 e.